The fraction of sp³-hybridized carbons (Fsp3) is 0.727. The van der Waals surface area contributed by atoms with Crippen LogP contribution in [0, 0.1) is 5.92 Å². The van der Waals surface area contributed by atoms with Crippen LogP contribution in [0.4, 0.5) is 14.6 Å². The predicted molar refractivity (Wildman–Crippen MR) is 58.7 cm³/mol. The van der Waals surface area contributed by atoms with E-state index in [0.717, 1.165) is 6.42 Å². The van der Waals surface area contributed by atoms with E-state index in [4.69, 9.17) is 0 Å². The third-order valence-corrected chi connectivity index (χ3v) is 3.16. The smallest absolute Gasteiger partial charge is 0.257 e. The van der Waals surface area contributed by atoms with Gasteiger partial charge in [-0.05, 0) is 18.8 Å². The molecule has 0 saturated heterocycles. The monoisotopic (exact) mass is 229 g/mol. The number of nitrogens with zero attached hydrogens (tertiary/aromatic N) is 2. The highest BCUT2D eigenvalue weighted by atomic mass is 19.3. The van der Waals surface area contributed by atoms with Crippen LogP contribution in [0.3, 0.4) is 0 Å². The van der Waals surface area contributed by atoms with Crippen molar-refractivity contribution in [3.63, 3.8) is 0 Å². The SMILES string of the molecule is CC1CCCC1Nc1ccn(CC(F)F)n1. The second-order valence-corrected chi connectivity index (χ2v) is 4.47. The fourth-order valence-corrected chi connectivity index (χ4v) is 2.23. The van der Waals surface area contributed by atoms with Crippen molar-refractivity contribution in [1.82, 2.24) is 9.78 Å². The molecule has 0 aromatic carbocycles. The summed E-state index contributed by atoms with van der Waals surface area (Å²) in [6.07, 6.45) is 2.85. The number of alkyl halides is 2. The van der Waals surface area contributed by atoms with Gasteiger partial charge >= 0.3 is 0 Å². The first-order chi connectivity index (χ1) is 7.65. The molecule has 2 unspecified atom stereocenters. The Morgan fingerprint density at radius 3 is 3.00 bits per heavy atom. The molecule has 0 aliphatic heterocycles. The molecule has 1 heterocycles. The van der Waals surface area contributed by atoms with Gasteiger partial charge in [-0.25, -0.2) is 8.78 Å². The first-order valence-electron chi connectivity index (χ1n) is 5.73. The summed E-state index contributed by atoms with van der Waals surface area (Å²) in [7, 11) is 0. The average molecular weight is 229 g/mol. The third kappa shape index (κ3) is 2.71. The van der Waals surface area contributed by atoms with Crippen LogP contribution >= 0.6 is 0 Å². The average Bonchev–Trinajstić information content (AvgIpc) is 2.77. The van der Waals surface area contributed by atoms with Crippen LogP contribution in [0.5, 0.6) is 0 Å². The maximum Gasteiger partial charge on any atom is 0.257 e. The van der Waals surface area contributed by atoms with E-state index < -0.39 is 6.43 Å². The zero-order valence-corrected chi connectivity index (χ0v) is 9.37. The Balaban J connectivity index is 1.92. The van der Waals surface area contributed by atoms with Gasteiger partial charge in [0.1, 0.15) is 12.4 Å². The minimum atomic E-state index is -2.35. The van der Waals surface area contributed by atoms with E-state index in [1.54, 1.807) is 12.3 Å². The highest BCUT2D eigenvalue weighted by Crippen LogP contribution is 2.27. The minimum absolute atomic E-state index is 0.331. The molecule has 90 valence electrons. The first kappa shape index (κ1) is 11.4. The summed E-state index contributed by atoms with van der Waals surface area (Å²) in [6, 6.07) is 2.20. The van der Waals surface area contributed by atoms with Gasteiger partial charge in [-0.3, -0.25) is 4.68 Å². The molecule has 0 radical (unpaired) electrons. The Hall–Kier alpha value is -1.13. The number of rotatable bonds is 4. The van der Waals surface area contributed by atoms with E-state index in [2.05, 4.69) is 17.3 Å². The molecule has 1 aliphatic carbocycles. The highest BCUT2D eigenvalue weighted by molar-refractivity contribution is 5.34. The Kier molecular flexibility index (Phi) is 3.41. The van der Waals surface area contributed by atoms with Crippen LogP contribution in [0.25, 0.3) is 0 Å². The molecule has 1 aromatic rings. The van der Waals surface area contributed by atoms with Crippen LogP contribution in [0.1, 0.15) is 26.2 Å². The van der Waals surface area contributed by atoms with Gasteiger partial charge in [0, 0.05) is 18.3 Å². The summed E-state index contributed by atoms with van der Waals surface area (Å²) in [5.74, 6) is 1.35. The van der Waals surface area contributed by atoms with Crippen LogP contribution in [-0.2, 0) is 6.54 Å². The number of aromatic nitrogens is 2. The molecule has 1 aliphatic rings. The topological polar surface area (TPSA) is 29.9 Å². The molecule has 2 atom stereocenters. The number of anilines is 1. The van der Waals surface area contributed by atoms with Gasteiger partial charge in [-0.1, -0.05) is 13.3 Å². The van der Waals surface area contributed by atoms with Crippen LogP contribution < -0.4 is 5.32 Å². The lowest BCUT2D eigenvalue weighted by molar-refractivity contribution is 0.122. The molecular weight excluding hydrogens is 212 g/mol. The Morgan fingerprint density at radius 2 is 2.38 bits per heavy atom. The van der Waals surface area contributed by atoms with E-state index >= 15 is 0 Å². The molecule has 1 saturated carbocycles. The summed E-state index contributed by atoms with van der Waals surface area (Å²) in [6.45, 7) is 1.88. The molecule has 16 heavy (non-hydrogen) atoms. The molecule has 0 spiro atoms. The molecule has 1 fully saturated rings. The summed E-state index contributed by atoms with van der Waals surface area (Å²) in [4.78, 5) is 0. The lowest BCUT2D eigenvalue weighted by Gasteiger charge is -2.16. The Morgan fingerprint density at radius 1 is 1.56 bits per heavy atom. The minimum Gasteiger partial charge on any atom is -0.366 e. The van der Waals surface area contributed by atoms with E-state index in [1.165, 1.54) is 17.5 Å². The van der Waals surface area contributed by atoms with Gasteiger partial charge in [0.15, 0.2) is 0 Å². The maximum absolute atomic E-state index is 12.1. The largest absolute Gasteiger partial charge is 0.366 e. The molecular formula is C11H17F2N3. The van der Waals surface area contributed by atoms with Crippen molar-refractivity contribution < 1.29 is 8.78 Å². The van der Waals surface area contributed by atoms with Crippen molar-refractivity contribution in [1.29, 1.82) is 0 Å². The number of halogens is 2. The van der Waals surface area contributed by atoms with E-state index in [1.807, 2.05) is 0 Å². The molecule has 1 aromatic heterocycles. The van der Waals surface area contributed by atoms with Crippen molar-refractivity contribution in [2.75, 3.05) is 5.32 Å². The van der Waals surface area contributed by atoms with Gasteiger partial charge in [0.05, 0.1) is 0 Å². The maximum atomic E-state index is 12.1. The van der Waals surface area contributed by atoms with E-state index in [0.29, 0.717) is 17.8 Å². The van der Waals surface area contributed by atoms with E-state index in [9.17, 15) is 8.78 Å². The summed E-state index contributed by atoms with van der Waals surface area (Å²) >= 11 is 0. The lowest BCUT2D eigenvalue weighted by Crippen LogP contribution is -2.22. The van der Waals surface area contributed by atoms with Gasteiger partial charge < -0.3 is 5.32 Å². The van der Waals surface area contributed by atoms with Crippen LogP contribution in [-0.4, -0.2) is 22.2 Å². The van der Waals surface area contributed by atoms with Crippen LogP contribution in [0.2, 0.25) is 0 Å². The molecule has 0 amide bonds. The summed E-state index contributed by atoms with van der Waals surface area (Å²) in [5.41, 5.74) is 0. The van der Waals surface area contributed by atoms with Gasteiger partial charge in [0.2, 0.25) is 0 Å². The van der Waals surface area contributed by atoms with E-state index in [-0.39, 0.29) is 6.54 Å². The van der Waals surface area contributed by atoms with Gasteiger partial charge in [-0.2, -0.15) is 5.10 Å². The molecule has 5 heteroatoms. The molecule has 1 N–H and O–H groups in total. The van der Waals surface area contributed by atoms with Crippen LogP contribution in [0.15, 0.2) is 12.3 Å². The number of hydrogen-bond acceptors (Lipinski definition) is 2. The Bertz CT molecular complexity index is 338. The van der Waals surface area contributed by atoms with Crippen molar-refractivity contribution in [3.8, 4) is 0 Å². The van der Waals surface area contributed by atoms with Gasteiger partial charge in [0.25, 0.3) is 6.43 Å². The molecule has 0 bridgehead atoms. The van der Waals surface area contributed by atoms with Crippen molar-refractivity contribution >= 4 is 5.82 Å². The third-order valence-electron chi connectivity index (χ3n) is 3.16. The Labute approximate surface area is 93.8 Å². The normalized spacial score (nSPS) is 25.2. The summed E-state index contributed by atoms with van der Waals surface area (Å²) < 4.78 is 25.5. The number of hydrogen-bond donors (Lipinski definition) is 1. The molecule has 3 nitrogen and oxygen atoms in total. The second-order valence-electron chi connectivity index (χ2n) is 4.47. The summed E-state index contributed by atoms with van der Waals surface area (Å²) in [5, 5.41) is 7.38. The van der Waals surface area contributed by atoms with Gasteiger partial charge in [-0.15, -0.1) is 0 Å². The van der Waals surface area contributed by atoms with Crippen molar-refractivity contribution in [3.05, 3.63) is 12.3 Å². The fourth-order valence-electron chi connectivity index (χ4n) is 2.23. The predicted octanol–water partition coefficient (Wildman–Crippen LogP) is 2.75. The van der Waals surface area contributed by atoms with Crippen molar-refractivity contribution in [2.45, 2.75) is 45.2 Å². The lowest BCUT2D eigenvalue weighted by atomic mass is 10.1. The first-order valence-corrected chi connectivity index (χ1v) is 5.73. The quantitative estimate of drug-likeness (QED) is 0.860. The number of nitrogens with one attached hydrogen (secondary N) is 1. The second kappa shape index (κ2) is 4.80. The molecule has 2 rings (SSSR count). The zero-order valence-electron chi connectivity index (χ0n) is 9.37. The zero-order chi connectivity index (χ0) is 11.5. The standard InChI is InChI=1S/C11H17F2N3/c1-8-3-2-4-9(8)14-11-5-6-16(15-11)7-10(12)13/h5-6,8-10H,2-4,7H2,1H3,(H,14,15). The van der Waals surface area contributed by atoms with Crippen molar-refractivity contribution in [2.24, 2.45) is 5.92 Å². The highest BCUT2D eigenvalue weighted by Gasteiger charge is 2.23.